The molecule has 1 heterocycles. The van der Waals surface area contributed by atoms with Crippen LogP contribution in [0.5, 0.6) is 6.01 Å². The Hall–Kier alpha value is -1.26. The minimum atomic E-state index is -0.0811. The molecule has 1 aliphatic carbocycles. The number of hydrogen-bond donors (Lipinski definition) is 0. The molecule has 0 bridgehead atoms. The second kappa shape index (κ2) is 4.72. The summed E-state index contributed by atoms with van der Waals surface area (Å²) in [4.78, 5) is 11.8. The molecular weight excluding hydrogens is 206 g/mol. The average molecular weight is 225 g/mol. The van der Waals surface area contributed by atoms with E-state index in [-0.39, 0.29) is 5.69 Å². The van der Waals surface area contributed by atoms with Crippen molar-refractivity contribution < 1.29 is 4.74 Å². The molecule has 0 N–H and O–H groups in total. The van der Waals surface area contributed by atoms with Gasteiger partial charge < -0.3 is 4.74 Å². The molecule has 0 saturated heterocycles. The van der Waals surface area contributed by atoms with Gasteiger partial charge in [0, 0.05) is 13.6 Å². The predicted molar refractivity (Wildman–Crippen MR) is 60.6 cm³/mol. The topological polar surface area (TPSA) is 49.1 Å². The molecule has 1 fully saturated rings. The summed E-state index contributed by atoms with van der Waals surface area (Å²) in [6.45, 7) is 0.732. The fourth-order valence-electron chi connectivity index (χ4n) is 2.38. The zero-order valence-corrected chi connectivity index (χ0v) is 9.98. The number of hydrogen-bond acceptors (Lipinski definition) is 3. The first-order valence-corrected chi connectivity index (χ1v) is 5.90. The third kappa shape index (κ3) is 2.13. The zero-order chi connectivity index (χ0) is 11.5. The summed E-state index contributed by atoms with van der Waals surface area (Å²) in [5.74, 6) is 0.603. The summed E-state index contributed by atoms with van der Waals surface area (Å²) in [7, 11) is 3.22. The molecule has 1 aromatic rings. The molecule has 0 aromatic carbocycles. The summed E-state index contributed by atoms with van der Waals surface area (Å²) in [5.41, 5.74) is -0.0811. The largest absolute Gasteiger partial charge is 0.467 e. The summed E-state index contributed by atoms with van der Waals surface area (Å²) >= 11 is 0. The van der Waals surface area contributed by atoms with Crippen LogP contribution in [-0.4, -0.2) is 21.5 Å². The molecule has 0 amide bonds. The van der Waals surface area contributed by atoms with Crippen LogP contribution in [0.15, 0.2) is 4.79 Å². The van der Waals surface area contributed by atoms with Crippen molar-refractivity contribution in [3.8, 4) is 6.01 Å². The maximum atomic E-state index is 11.8. The number of rotatable bonds is 3. The first-order valence-electron chi connectivity index (χ1n) is 5.90. The number of methoxy groups -OCH3 is 1. The SMILES string of the molecule is COc1nn(CC2CCCCC2)c(=O)n1C. The molecule has 0 aliphatic heterocycles. The van der Waals surface area contributed by atoms with Crippen molar-refractivity contribution in [2.75, 3.05) is 7.11 Å². The molecule has 0 radical (unpaired) electrons. The van der Waals surface area contributed by atoms with Crippen LogP contribution >= 0.6 is 0 Å². The third-order valence-corrected chi connectivity index (χ3v) is 3.34. The minimum absolute atomic E-state index is 0.0811. The van der Waals surface area contributed by atoms with E-state index in [2.05, 4.69) is 5.10 Å². The molecule has 16 heavy (non-hydrogen) atoms. The minimum Gasteiger partial charge on any atom is -0.467 e. The van der Waals surface area contributed by atoms with Crippen molar-refractivity contribution in [1.82, 2.24) is 14.3 Å². The van der Waals surface area contributed by atoms with Crippen molar-refractivity contribution in [2.24, 2.45) is 13.0 Å². The van der Waals surface area contributed by atoms with E-state index in [1.165, 1.54) is 48.5 Å². The van der Waals surface area contributed by atoms with Crippen LogP contribution in [0, 0.1) is 5.92 Å². The first kappa shape index (κ1) is 11.2. The quantitative estimate of drug-likeness (QED) is 0.776. The Labute approximate surface area is 95.0 Å². The molecule has 5 heteroatoms. The lowest BCUT2D eigenvalue weighted by Gasteiger charge is -2.20. The van der Waals surface area contributed by atoms with Gasteiger partial charge in [0.15, 0.2) is 0 Å². The van der Waals surface area contributed by atoms with E-state index in [1.807, 2.05) is 0 Å². The van der Waals surface area contributed by atoms with Crippen molar-refractivity contribution in [3.63, 3.8) is 0 Å². The van der Waals surface area contributed by atoms with Crippen LogP contribution in [0.25, 0.3) is 0 Å². The van der Waals surface area contributed by atoms with E-state index in [1.54, 1.807) is 7.05 Å². The van der Waals surface area contributed by atoms with Crippen LogP contribution in [0.4, 0.5) is 0 Å². The molecule has 0 atom stereocenters. The Bertz CT molecular complexity index is 402. The maximum absolute atomic E-state index is 11.8. The van der Waals surface area contributed by atoms with Crippen molar-refractivity contribution in [1.29, 1.82) is 0 Å². The van der Waals surface area contributed by atoms with Crippen LogP contribution in [0.2, 0.25) is 0 Å². The van der Waals surface area contributed by atoms with Gasteiger partial charge in [0.25, 0.3) is 0 Å². The van der Waals surface area contributed by atoms with Crippen LogP contribution in [0.3, 0.4) is 0 Å². The summed E-state index contributed by atoms with van der Waals surface area (Å²) in [6.07, 6.45) is 6.32. The van der Waals surface area contributed by atoms with Gasteiger partial charge in [-0.2, -0.15) is 0 Å². The van der Waals surface area contributed by atoms with Gasteiger partial charge in [0.2, 0.25) is 0 Å². The Morgan fingerprint density at radius 3 is 2.62 bits per heavy atom. The Balaban J connectivity index is 2.11. The van der Waals surface area contributed by atoms with Crippen molar-refractivity contribution in [3.05, 3.63) is 10.5 Å². The van der Waals surface area contributed by atoms with E-state index >= 15 is 0 Å². The molecule has 5 nitrogen and oxygen atoms in total. The number of ether oxygens (including phenoxy) is 1. The normalized spacial score (nSPS) is 17.6. The lowest BCUT2D eigenvalue weighted by molar-refractivity contribution is 0.299. The Morgan fingerprint density at radius 1 is 1.38 bits per heavy atom. The monoisotopic (exact) mass is 225 g/mol. The van der Waals surface area contributed by atoms with Crippen molar-refractivity contribution in [2.45, 2.75) is 38.6 Å². The summed E-state index contributed by atoms with van der Waals surface area (Å²) in [6, 6.07) is 0.390. The average Bonchev–Trinajstić information content (AvgIpc) is 2.58. The van der Waals surface area contributed by atoms with Gasteiger partial charge in [-0.1, -0.05) is 19.3 Å². The molecule has 1 saturated carbocycles. The van der Waals surface area contributed by atoms with Gasteiger partial charge in [0.05, 0.1) is 7.11 Å². The molecule has 90 valence electrons. The highest BCUT2D eigenvalue weighted by Gasteiger charge is 2.17. The maximum Gasteiger partial charge on any atom is 0.348 e. The fourth-order valence-corrected chi connectivity index (χ4v) is 2.38. The second-order valence-electron chi connectivity index (χ2n) is 4.51. The highest BCUT2D eigenvalue weighted by atomic mass is 16.5. The van der Waals surface area contributed by atoms with E-state index in [4.69, 9.17) is 4.74 Å². The van der Waals surface area contributed by atoms with Gasteiger partial charge in [-0.25, -0.2) is 14.0 Å². The molecule has 1 aromatic heterocycles. The van der Waals surface area contributed by atoms with Crippen LogP contribution < -0.4 is 10.4 Å². The Morgan fingerprint density at radius 2 is 2.06 bits per heavy atom. The molecular formula is C11H19N3O2. The third-order valence-electron chi connectivity index (χ3n) is 3.34. The van der Waals surface area contributed by atoms with Gasteiger partial charge in [-0.3, -0.25) is 0 Å². The van der Waals surface area contributed by atoms with Crippen molar-refractivity contribution >= 4 is 0 Å². The second-order valence-corrected chi connectivity index (χ2v) is 4.51. The summed E-state index contributed by atoms with van der Waals surface area (Å²) in [5, 5.41) is 4.17. The van der Waals surface area contributed by atoms with Crippen LogP contribution in [-0.2, 0) is 13.6 Å². The van der Waals surface area contributed by atoms with E-state index < -0.39 is 0 Å². The van der Waals surface area contributed by atoms with E-state index in [9.17, 15) is 4.79 Å². The molecule has 2 rings (SSSR count). The standard InChI is InChI=1S/C11H19N3O2/c1-13-10(16-2)12-14(11(13)15)8-9-6-4-3-5-7-9/h9H,3-8H2,1-2H3. The lowest BCUT2D eigenvalue weighted by Crippen LogP contribution is -2.27. The number of aromatic nitrogens is 3. The smallest absolute Gasteiger partial charge is 0.348 e. The van der Waals surface area contributed by atoms with Gasteiger partial charge in [-0.05, 0) is 18.8 Å². The van der Waals surface area contributed by atoms with E-state index in [0.717, 1.165) is 6.54 Å². The lowest BCUT2D eigenvalue weighted by atomic mass is 9.89. The van der Waals surface area contributed by atoms with Gasteiger partial charge in [0.1, 0.15) is 0 Å². The highest BCUT2D eigenvalue weighted by Crippen LogP contribution is 2.24. The van der Waals surface area contributed by atoms with Gasteiger partial charge in [-0.15, -0.1) is 5.10 Å². The number of nitrogens with zero attached hydrogens (tertiary/aromatic N) is 3. The van der Waals surface area contributed by atoms with Crippen LogP contribution in [0.1, 0.15) is 32.1 Å². The first-order chi connectivity index (χ1) is 7.72. The molecule has 1 aliphatic rings. The highest BCUT2D eigenvalue weighted by molar-refractivity contribution is 4.92. The Kier molecular flexibility index (Phi) is 3.31. The fraction of sp³-hybridized carbons (Fsp3) is 0.818. The molecule has 0 unspecified atom stereocenters. The zero-order valence-electron chi connectivity index (χ0n) is 9.98. The summed E-state index contributed by atoms with van der Waals surface area (Å²) < 4.78 is 8.01. The predicted octanol–water partition coefficient (Wildman–Crippen LogP) is 1.17. The van der Waals surface area contributed by atoms with E-state index in [0.29, 0.717) is 11.9 Å². The molecule has 0 spiro atoms. The van der Waals surface area contributed by atoms with Gasteiger partial charge >= 0.3 is 11.7 Å².